The molecule has 1 saturated heterocycles. The maximum Gasteiger partial charge on any atom is 0.307 e. The Labute approximate surface area is 131 Å². The van der Waals surface area contributed by atoms with E-state index in [4.69, 9.17) is 4.74 Å². The molecule has 1 N–H and O–H groups in total. The summed E-state index contributed by atoms with van der Waals surface area (Å²) in [5.74, 6) is -0.346. The predicted octanol–water partition coefficient (Wildman–Crippen LogP) is 1.36. The fourth-order valence-corrected chi connectivity index (χ4v) is 3.51. The Morgan fingerprint density at radius 2 is 2.05 bits per heavy atom. The van der Waals surface area contributed by atoms with Crippen LogP contribution < -0.4 is 5.32 Å². The van der Waals surface area contributed by atoms with Crippen molar-refractivity contribution in [2.24, 2.45) is 0 Å². The molecule has 0 radical (unpaired) electrons. The molecule has 1 unspecified atom stereocenters. The van der Waals surface area contributed by atoms with Crippen LogP contribution in [0.25, 0.3) is 0 Å². The SMILES string of the molecule is COC(=O)CC1CCCCN1CC(=O)NC1(C#N)CCCC1. The van der Waals surface area contributed by atoms with Gasteiger partial charge in [0.25, 0.3) is 0 Å². The molecule has 2 rings (SSSR count). The van der Waals surface area contributed by atoms with Gasteiger partial charge in [0, 0.05) is 6.04 Å². The summed E-state index contributed by atoms with van der Waals surface area (Å²) in [6.45, 7) is 1.07. The maximum absolute atomic E-state index is 12.3. The van der Waals surface area contributed by atoms with Gasteiger partial charge in [0.15, 0.2) is 0 Å². The number of rotatable bonds is 5. The van der Waals surface area contributed by atoms with Gasteiger partial charge in [-0.05, 0) is 45.1 Å². The number of nitrogens with one attached hydrogen (secondary N) is 1. The van der Waals surface area contributed by atoms with Gasteiger partial charge in [-0.2, -0.15) is 5.26 Å². The third kappa shape index (κ3) is 4.20. The number of hydrogen-bond acceptors (Lipinski definition) is 5. The first-order valence-electron chi connectivity index (χ1n) is 8.12. The summed E-state index contributed by atoms with van der Waals surface area (Å²) in [5, 5.41) is 12.3. The molecule has 0 spiro atoms. The normalized spacial score (nSPS) is 24.5. The number of piperidine rings is 1. The number of carbonyl (C=O) groups is 2. The van der Waals surface area contributed by atoms with Gasteiger partial charge in [-0.25, -0.2) is 0 Å². The quantitative estimate of drug-likeness (QED) is 0.775. The lowest BCUT2D eigenvalue weighted by molar-refractivity contribution is -0.143. The second kappa shape index (κ2) is 7.59. The van der Waals surface area contributed by atoms with E-state index in [0.29, 0.717) is 6.42 Å². The number of nitrogens with zero attached hydrogens (tertiary/aromatic N) is 2. The average molecular weight is 307 g/mol. The van der Waals surface area contributed by atoms with Crippen LogP contribution in [-0.2, 0) is 14.3 Å². The molecule has 1 amide bonds. The highest BCUT2D eigenvalue weighted by atomic mass is 16.5. The Bertz CT molecular complexity index is 452. The summed E-state index contributed by atoms with van der Waals surface area (Å²) in [4.78, 5) is 25.9. The van der Waals surface area contributed by atoms with E-state index in [2.05, 4.69) is 16.3 Å². The van der Waals surface area contributed by atoms with Crippen molar-refractivity contribution in [2.45, 2.75) is 62.9 Å². The van der Waals surface area contributed by atoms with Crippen LogP contribution in [0, 0.1) is 11.3 Å². The second-order valence-corrected chi connectivity index (χ2v) is 6.35. The number of esters is 1. The number of carbonyl (C=O) groups excluding carboxylic acids is 2. The fraction of sp³-hybridized carbons (Fsp3) is 0.812. The van der Waals surface area contributed by atoms with Gasteiger partial charge < -0.3 is 10.1 Å². The topological polar surface area (TPSA) is 82.4 Å². The Kier molecular flexibility index (Phi) is 5.78. The van der Waals surface area contributed by atoms with E-state index >= 15 is 0 Å². The van der Waals surface area contributed by atoms with Crippen LogP contribution in [0.3, 0.4) is 0 Å². The van der Waals surface area contributed by atoms with Crippen LogP contribution in [0.5, 0.6) is 0 Å². The zero-order valence-electron chi connectivity index (χ0n) is 13.3. The first kappa shape index (κ1) is 16.8. The molecule has 1 atom stereocenters. The van der Waals surface area contributed by atoms with Crippen molar-refractivity contribution in [3.05, 3.63) is 0 Å². The van der Waals surface area contributed by atoms with E-state index in [1.165, 1.54) is 7.11 Å². The number of hydrogen-bond donors (Lipinski definition) is 1. The van der Waals surface area contributed by atoms with Gasteiger partial charge in [-0.3, -0.25) is 14.5 Å². The molecule has 122 valence electrons. The number of ether oxygens (including phenoxy) is 1. The minimum Gasteiger partial charge on any atom is -0.469 e. The molecule has 0 aromatic carbocycles. The number of methoxy groups -OCH3 is 1. The monoisotopic (exact) mass is 307 g/mol. The zero-order valence-corrected chi connectivity index (χ0v) is 13.3. The Morgan fingerprint density at radius 1 is 1.32 bits per heavy atom. The lowest BCUT2D eigenvalue weighted by Crippen LogP contribution is -2.52. The molecule has 2 fully saturated rings. The molecule has 1 heterocycles. The number of likely N-dealkylation sites (tertiary alicyclic amines) is 1. The summed E-state index contributed by atoms with van der Waals surface area (Å²) >= 11 is 0. The number of amides is 1. The fourth-order valence-electron chi connectivity index (χ4n) is 3.51. The first-order chi connectivity index (χ1) is 10.6. The lowest BCUT2D eigenvalue weighted by atomic mass is 9.98. The molecule has 22 heavy (non-hydrogen) atoms. The van der Waals surface area contributed by atoms with Gasteiger partial charge >= 0.3 is 5.97 Å². The van der Waals surface area contributed by atoms with Crippen molar-refractivity contribution in [1.29, 1.82) is 5.26 Å². The highest BCUT2D eigenvalue weighted by Gasteiger charge is 2.36. The van der Waals surface area contributed by atoms with Crippen molar-refractivity contribution in [2.75, 3.05) is 20.2 Å². The predicted molar refractivity (Wildman–Crippen MR) is 80.8 cm³/mol. The summed E-state index contributed by atoms with van der Waals surface area (Å²) in [5.41, 5.74) is -0.676. The van der Waals surface area contributed by atoms with E-state index in [1.54, 1.807) is 0 Å². The minimum atomic E-state index is -0.676. The van der Waals surface area contributed by atoms with E-state index in [1.807, 2.05) is 0 Å². The molecule has 0 aromatic heterocycles. The summed E-state index contributed by atoms with van der Waals surface area (Å²) in [6.07, 6.45) is 6.79. The zero-order chi connectivity index (χ0) is 16.0. The second-order valence-electron chi connectivity index (χ2n) is 6.35. The van der Waals surface area contributed by atoms with Crippen molar-refractivity contribution < 1.29 is 14.3 Å². The summed E-state index contributed by atoms with van der Waals surface area (Å²) in [6, 6.07) is 2.34. The third-order valence-electron chi connectivity index (χ3n) is 4.78. The van der Waals surface area contributed by atoms with E-state index < -0.39 is 5.54 Å². The summed E-state index contributed by atoms with van der Waals surface area (Å²) in [7, 11) is 1.39. The molecule has 6 nitrogen and oxygen atoms in total. The van der Waals surface area contributed by atoms with Gasteiger partial charge in [-0.1, -0.05) is 6.42 Å². The minimum absolute atomic E-state index is 0.0635. The smallest absolute Gasteiger partial charge is 0.307 e. The molecule has 1 aliphatic heterocycles. The van der Waals surface area contributed by atoms with Gasteiger partial charge in [0.2, 0.25) is 5.91 Å². The Hall–Kier alpha value is -1.61. The van der Waals surface area contributed by atoms with Crippen LogP contribution in [0.1, 0.15) is 51.4 Å². The Balaban J connectivity index is 1.90. The van der Waals surface area contributed by atoms with E-state index in [-0.39, 0.29) is 24.5 Å². The van der Waals surface area contributed by atoms with Crippen molar-refractivity contribution in [3.8, 4) is 6.07 Å². The third-order valence-corrected chi connectivity index (χ3v) is 4.78. The lowest BCUT2D eigenvalue weighted by Gasteiger charge is -2.35. The van der Waals surface area contributed by atoms with Crippen molar-refractivity contribution >= 4 is 11.9 Å². The van der Waals surface area contributed by atoms with Gasteiger partial charge in [-0.15, -0.1) is 0 Å². The molecule has 0 aromatic rings. The molecule has 1 saturated carbocycles. The van der Waals surface area contributed by atoms with Crippen LogP contribution in [-0.4, -0.2) is 48.6 Å². The van der Waals surface area contributed by atoms with Crippen LogP contribution >= 0.6 is 0 Å². The standard InChI is InChI=1S/C16H25N3O3/c1-22-15(21)10-13-6-2-5-9-19(13)11-14(20)18-16(12-17)7-3-4-8-16/h13H,2-11H2,1H3,(H,18,20). The van der Waals surface area contributed by atoms with Crippen molar-refractivity contribution in [1.82, 2.24) is 10.2 Å². The molecular formula is C16H25N3O3. The molecular weight excluding hydrogens is 282 g/mol. The average Bonchev–Trinajstić information content (AvgIpc) is 2.98. The number of nitriles is 1. The molecule has 0 bridgehead atoms. The maximum atomic E-state index is 12.3. The highest BCUT2D eigenvalue weighted by Crippen LogP contribution is 2.29. The Morgan fingerprint density at radius 3 is 2.68 bits per heavy atom. The molecule has 6 heteroatoms. The summed E-state index contributed by atoms with van der Waals surface area (Å²) < 4.78 is 4.74. The van der Waals surface area contributed by atoms with Gasteiger partial charge in [0.1, 0.15) is 5.54 Å². The molecule has 1 aliphatic carbocycles. The van der Waals surface area contributed by atoms with Gasteiger partial charge in [0.05, 0.1) is 26.1 Å². The van der Waals surface area contributed by atoms with E-state index in [0.717, 1.165) is 51.5 Å². The van der Waals surface area contributed by atoms with Crippen molar-refractivity contribution in [3.63, 3.8) is 0 Å². The largest absolute Gasteiger partial charge is 0.469 e. The van der Waals surface area contributed by atoms with Crippen LogP contribution in [0.4, 0.5) is 0 Å². The van der Waals surface area contributed by atoms with Crippen LogP contribution in [0.15, 0.2) is 0 Å². The highest BCUT2D eigenvalue weighted by molar-refractivity contribution is 5.79. The molecule has 2 aliphatic rings. The van der Waals surface area contributed by atoms with Crippen LogP contribution in [0.2, 0.25) is 0 Å². The van der Waals surface area contributed by atoms with E-state index in [9.17, 15) is 14.9 Å². The first-order valence-corrected chi connectivity index (χ1v) is 8.12.